The number of aromatic nitrogens is 1. The molecule has 2 rings (SSSR count). The van der Waals surface area contributed by atoms with Crippen LogP contribution in [0.15, 0.2) is 18.5 Å². The van der Waals surface area contributed by atoms with E-state index in [1.165, 1.54) is 0 Å². The van der Waals surface area contributed by atoms with E-state index in [-0.39, 0.29) is 0 Å². The molecule has 17 heavy (non-hydrogen) atoms. The summed E-state index contributed by atoms with van der Waals surface area (Å²) >= 11 is 0. The van der Waals surface area contributed by atoms with E-state index in [2.05, 4.69) is 16.9 Å². The summed E-state index contributed by atoms with van der Waals surface area (Å²) in [5, 5.41) is 10.6. The molecule has 1 fully saturated rings. The van der Waals surface area contributed by atoms with Gasteiger partial charge in [0.2, 0.25) is 0 Å². The lowest BCUT2D eigenvalue weighted by atomic mass is 9.85. The minimum absolute atomic E-state index is 0.617. The van der Waals surface area contributed by atoms with Gasteiger partial charge in [0.1, 0.15) is 5.75 Å². The zero-order chi connectivity index (χ0) is 12.3. The number of hydrogen-bond acceptors (Lipinski definition) is 4. The van der Waals surface area contributed by atoms with Gasteiger partial charge in [0, 0.05) is 24.8 Å². The molecule has 1 aromatic rings. The standard InChI is InChI=1S/C13H20N2O2/c1-3-17-12-8-11(9-14-10-12)13(16)4-6-15(2)7-5-13/h8-10,16H,3-7H2,1-2H3. The van der Waals surface area contributed by atoms with Crippen molar-refractivity contribution in [3.05, 3.63) is 24.0 Å². The van der Waals surface area contributed by atoms with Crippen molar-refractivity contribution in [2.24, 2.45) is 0 Å². The van der Waals surface area contributed by atoms with Gasteiger partial charge in [-0.05, 0) is 32.9 Å². The first-order valence-corrected chi connectivity index (χ1v) is 6.13. The Hall–Kier alpha value is -1.13. The summed E-state index contributed by atoms with van der Waals surface area (Å²) in [6.07, 6.45) is 4.93. The Morgan fingerprint density at radius 3 is 2.76 bits per heavy atom. The van der Waals surface area contributed by atoms with Gasteiger partial charge in [-0.3, -0.25) is 4.98 Å². The number of piperidine rings is 1. The number of nitrogens with zero attached hydrogens (tertiary/aromatic N) is 2. The van der Waals surface area contributed by atoms with Gasteiger partial charge < -0.3 is 14.7 Å². The summed E-state index contributed by atoms with van der Waals surface area (Å²) in [4.78, 5) is 6.37. The van der Waals surface area contributed by atoms with E-state index < -0.39 is 5.60 Å². The lowest BCUT2D eigenvalue weighted by Gasteiger charge is -2.36. The van der Waals surface area contributed by atoms with E-state index in [1.807, 2.05) is 13.0 Å². The molecule has 0 aliphatic carbocycles. The second-order valence-corrected chi connectivity index (χ2v) is 4.68. The normalized spacial score (nSPS) is 20.2. The van der Waals surface area contributed by atoms with E-state index in [1.54, 1.807) is 12.4 Å². The van der Waals surface area contributed by atoms with Gasteiger partial charge in [-0.2, -0.15) is 0 Å². The van der Waals surface area contributed by atoms with Crippen molar-refractivity contribution >= 4 is 0 Å². The molecule has 0 amide bonds. The molecule has 0 saturated carbocycles. The molecule has 0 bridgehead atoms. The van der Waals surface area contributed by atoms with Crippen molar-refractivity contribution in [3.63, 3.8) is 0 Å². The highest BCUT2D eigenvalue weighted by Crippen LogP contribution is 2.33. The number of pyridine rings is 1. The fourth-order valence-electron chi connectivity index (χ4n) is 2.20. The molecule has 0 atom stereocenters. The van der Waals surface area contributed by atoms with E-state index in [0.29, 0.717) is 6.61 Å². The van der Waals surface area contributed by atoms with Crippen LogP contribution in [0.1, 0.15) is 25.3 Å². The molecule has 1 aliphatic heterocycles. The largest absolute Gasteiger partial charge is 0.492 e. The molecule has 0 unspecified atom stereocenters. The average Bonchev–Trinajstić information content (AvgIpc) is 2.34. The number of hydrogen-bond donors (Lipinski definition) is 1. The highest BCUT2D eigenvalue weighted by Gasteiger charge is 2.33. The Bertz CT molecular complexity index is 373. The zero-order valence-corrected chi connectivity index (χ0v) is 10.5. The Labute approximate surface area is 102 Å². The third kappa shape index (κ3) is 2.76. The monoisotopic (exact) mass is 236 g/mol. The molecule has 2 heterocycles. The summed E-state index contributed by atoms with van der Waals surface area (Å²) in [6.45, 7) is 4.38. The van der Waals surface area contributed by atoms with Gasteiger partial charge in [-0.15, -0.1) is 0 Å². The van der Waals surface area contributed by atoms with Crippen molar-refractivity contribution in [2.75, 3.05) is 26.7 Å². The van der Waals surface area contributed by atoms with Crippen molar-refractivity contribution in [1.82, 2.24) is 9.88 Å². The second-order valence-electron chi connectivity index (χ2n) is 4.68. The van der Waals surface area contributed by atoms with Gasteiger partial charge >= 0.3 is 0 Å². The fraction of sp³-hybridized carbons (Fsp3) is 0.615. The predicted molar refractivity (Wildman–Crippen MR) is 66.0 cm³/mol. The molecule has 0 radical (unpaired) electrons. The Morgan fingerprint density at radius 2 is 2.12 bits per heavy atom. The van der Waals surface area contributed by atoms with Crippen LogP contribution in [0.4, 0.5) is 0 Å². The molecular weight excluding hydrogens is 216 g/mol. The molecule has 4 nitrogen and oxygen atoms in total. The predicted octanol–water partition coefficient (Wildman–Crippen LogP) is 1.39. The summed E-state index contributed by atoms with van der Waals surface area (Å²) in [5.41, 5.74) is 0.128. The zero-order valence-electron chi connectivity index (χ0n) is 10.5. The maximum atomic E-state index is 10.6. The lowest BCUT2D eigenvalue weighted by molar-refractivity contribution is -0.0207. The summed E-state index contributed by atoms with van der Waals surface area (Å²) < 4.78 is 5.42. The fourth-order valence-corrected chi connectivity index (χ4v) is 2.20. The second kappa shape index (κ2) is 5.02. The Morgan fingerprint density at radius 1 is 1.41 bits per heavy atom. The molecule has 94 valence electrons. The van der Waals surface area contributed by atoms with Crippen LogP contribution in [-0.4, -0.2) is 41.7 Å². The van der Waals surface area contributed by atoms with Crippen molar-refractivity contribution < 1.29 is 9.84 Å². The van der Waals surface area contributed by atoms with Crippen LogP contribution in [0.25, 0.3) is 0 Å². The molecule has 1 saturated heterocycles. The number of aliphatic hydroxyl groups is 1. The quantitative estimate of drug-likeness (QED) is 0.861. The van der Waals surface area contributed by atoms with E-state index in [0.717, 1.165) is 37.2 Å². The van der Waals surface area contributed by atoms with Crippen molar-refractivity contribution in [3.8, 4) is 5.75 Å². The third-order valence-electron chi connectivity index (χ3n) is 3.38. The van der Waals surface area contributed by atoms with Crippen LogP contribution in [0.2, 0.25) is 0 Å². The van der Waals surface area contributed by atoms with E-state index >= 15 is 0 Å². The number of likely N-dealkylation sites (tertiary alicyclic amines) is 1. The SMILES string of the molecule is CCOc1cncc(C2(O)CCN(C)CC2)c1. The lowest BCUT2D eigenvalue weighted by Crippen LogP contribution is -2.40. The van der Waals surface area contributed by atoms with Gasteiger partial charge in [0.25, 0.3) is 0 Å². The van der Waals surface area contributed by atoms with Crippen molar-refractivity contribution in [1.29, 1.82) is 0 Å². The van der Waals surface area contributed by atoms with Gasteiger partial charge in [0.05, 0.1) is 18.4 Å². The van der Waals surface area contributed by atoms with Crippen LogP contribution in [0, 0.1) is 0 Å². The van der Waals surface area contributed by atoms with Crippen LogP contribution >= 0.6 is 0 Å². The Kier molecular flexibility index (Phi) is 3.64. The molecule has 4 heteroatoms. The summed E-state index contributed by atoms with van der Waals surface area (Å²) in [6, 6.07) is 1.90. The minimum Gasteiger partial charge on any atom is -0.492 e. The van der Waals surface area contributed by atoms with Crippen LogP contribution in [0.5, 0.6) is 5.75 Å². The van der Waals surface area contributed by atoms with Gasteiger partial charge in [0.15, 0.2) is 0 Å². The molecule has 1 N–H and O–H groups in total. The first kappa shape index (κ1) is 12.3. The number of rotatable bonds is 3. The smallest absolute Gasteiger partial charge is 0.137 e. The topological polar surface area (TPSA) is 45.6 Å². The van der Waals surface area contributed by atoms with Crippen LogP contribution in [-0.2, 0) is 5.60 Å². The first-order valence-electron chi connectivity index (χ1n) is 6.13. The van der Waals surface area contributed by atoms with E-state index in [9.17, 15) is 5.11 Å². The molecule has 1 aliphatic rings. The summed E-state index contributed by atoms with van der Waals surface area (Å²) in [7, 11) is 2.08. The first-order chi connectivity index (χ1) is 8.14. The van der Waals surface area contributed by atoms with Crippen molar-refractivity contribution in [2.45, 2.75) is 25.4 Å². The Balaban J connectivity index is 2.17. The molecular formula is C13H20N2O2. The maximum Gasteiger partial charge on any atom is 0.137 e. The molecule has 1 aromatic heterocycles. The highest BCUT2D eigenvalue weighted by atomic mass is 16.5. The average molecular weight is 236 g/mol. The van der Waals surface area contributed by atoms with Crippen LogP contribution in [0.3, 0.4) is 0 Å². The molecule has 0 spiro atoms. The highest BCUT2D eigenvalue weighted by molar-refractivity contribution is 5.28. The van der Waals surface area contributed by atoms with E-state index in [4.69, 9.17) is 4.74 Å². The van der Waals surface area contributed by atoms with Crippen LogP contribution < -0.4 is 4.74 Å². The molecule has 0 aromatic carbocycles. The number of ether oxygens (including phenoxy) is 1. The minimum atomic E-state index is -0.743. The third-order valence-corrected chi connectivity index (χ3v) is 3.38. The van der Waals surface area contributed by atoms with Gasteiger partial charge in [-0.25, -0.2) is 0 Å². The van der Waals surface area contributed by atoms with Gasteiger partial charge in [-0.1, -0.05) is 0 Å². The maximum absolute atomic E-state index is 10.6. The summed E-state index contributed by atoms with van der Waals surface area (Å²) in [5.74, 6) is 0.734.